The first-order chi connectivity index (χ1) is 5.52. The molecule has 1 rings (SSSR count). The van der Waals surface area contributed by atoms with Crippen molar-refractivity contribution in [3.63, 3.8) is 0 Å². The molecule has 0 saturated heterocycles. The zero-order valence-electron chi connectivity index (χ0n) is 8.13. The normalized spacial score (nSPS) is 12.0. The minimum Gasteiger partial charge on any atom is -0.302 e. The maximum atomic E-state index is 10.9. The molecular weight excluding hydrogens is 212 g/mol. The second-order valence-electron chi connectivity index (χ2n) is 2.98. The van der Waals surface area contributed by atoms with Crippen LogP contribution in [0, 0.1) is 20.8 Å². The van der Waals surface area contributed by atoms with Crippen molar-refractivity contribution in [1.29, 1.82) is 0 Å². The van der Waals surface area contributed by atoms with Crippen molar-refractivity contribution in [2.75, 3.05) is 0 Å². The van der Waals surface area contributed by atoms with Crippen LogP contribution in [0.3, 0.4) is 0 Å². The van der Waals surface area contributed by atoms with Gasteiger partial charge in [-0.25, -0.2) is 4.21 Å². The fourth-order valence-corrected chi connectivity index (χ4v) is 2.11. The Labute approximate surface area is 111 Å². The summed E-state index contributed by atoms with van der Waals surface area (Å²) in [6, 6.07) is 3.83. The summed E-state index contributed by atoms with van der Waals surface area (Å²) < 4.78 is 19.8. The van der Waals surface area contributed by atoms with Crippen molar-refractivity contribution in [2.45, 2.75) is 25.7 Å². The van der Waals surface area contributed by atoms with Gasteiger partial charge in [0, 0.05) is 37.7 Å². The van der Waals surface area contributed by atoms with E-state index in [0.29, 0.717) is 4.90 Å². The summed E-state index contributed by atoms with van der Waals surface area (Å²) in [5, 5.41) is 0. The van der Waals surface area contributed by atoms with E-state index in [2.05, 4.69) is 0 Å². The average molecular weight is 224 g/mol. The number of hydrogen-bond acceptors (Lipinski definition) is 1. The Morgan fingerprint density at radius 1 is 1.15 bits per heavy atom. The average Bonchev–Trinajstić information content (AvgIpc) is 1.82. The van der Waals surface area contributed by atoms with Gasteiger partial charge in [-0.15, -0.1) is 0 Å². The molecule has 0 aliphatic heterocycles. The first kappa shape index (κ1) is 13.6. The van der Waals surface area contributed by atoms with Gasteiger partial charge in [0.15, 0.2) is 11.1 Å². The summed E-state index contributed by atoms with van der Waals surface area (Å²) in [5.41, 5.74) is 2.89. The smallest absolute Gasteiger partial charge is 0.187 e. The third-order valence-electron chi connectivity index (χ3n) is 1.78. The zero-order chi connectivity index (χ0) is 9.30. The van der Waals surface area contributed by atoms with Crippen LogP contribution < -0.4 is 0 Å². The Kier molecular flexibility index (Phi) is 5.71. The molecule has 13 heavy (non-hydrogen) atoms. The summed E-state index contributed by atoms with van der Waals surface area (Å²) in [7, 11) is 0. The van der Waals surface area contributed by atoms with Crippen molar-refractivity contribution >= 4 is 48.8 Å². The van der Waals surface area contributed by atoms with Gasteiger partial charge < -0.3 is 4.55 Å². The van der Waals surface area contributed by atoms with Gasteiger partial charge in [-0.2, -0.15) is 0 Å². The maximum absolute atomic E-state index is 10.9. The van der Waals surface area contributed by atoms with Crippen LogP contribution in [0.4, 0.5) is 0 Å². The molecule has 68 valence electrons. The van der Waals surface area contributed by atoms with Crippen LogP contribution in [-0.2, 0) is 11.1 Å². The first-order valence-electron chi connectivity index (χ1n) is 3.71. The van der Waals surface area contributed by atoms with E-state index in [1.165, 1.54) is 0 Å². The van der Waals surface area contributed by atoms with E-state index < -0.39 is 11.1 Å². The van der Waals surface area contributed by atoms with Gasteiger partial charge in [-0.1, -0.05) is 17.7 Å². The summed E-state index contributed by atoms with van der Waals surface area (Å²) in [4.78, 5) is 0.542. The molecule has 4 heteroatoms. The number of aryl methyl sites for hydroxylation is 3. The van der Waals surface area contributed by atoms with E-state index in [1.54, 1.807) is 0 Å². The van der Waals surface area contributed by atoms with Gasteiger partial charge in [0.2, 0.25) is 0 Å². The topological polar surface area (TPSA) is 37.3 Å². The Bertz CT molecular complexity index is 313. The molecular formula is C9H12CaO2S. The van der Waals surface area contributed by atoms with E-state index in [9.17, 15) is 4.21 Å². The zero-order valence-corrected chi connectivity index (χ0v) is 11.2. The molecule has 0 bridgehead atoms. The Hall–Kier alpha value is 0.590. The van der Waals surface area contributed by atoms with E-state index >= 15 is 0 Å². The van der Waals surface area contributed by atoms with Crippen LogP contribution >= 0.6 is 0 Å². The molecule has 1 aromatic rings. The second-order valence-corrected chi connectivity index (χ2v) is 3.88. The van der Waals surface area contributed by atoms with Gasteiger partial charge in [0.1, 0.15) is 0 Å². The van der Waals surface area contributed by atoms with E-state index in [-0.39, 0.29) is 37.7 Å². The standard InChI is InChI=1S/C9H12O2S.Ca/c1-6-4-7(2)9(12(10)11)8(3)5-6;/h4-5H,1-3H3,(H,10,11);. The van der Waals surface area contributed by atoms with Crippen LogP contribution in [0.5, 0.6) is 0 Å². The van der Waals surface area contributed by atoms with Crippen LogP contribution in [0.25, 0.3) is 0 Å². The van der Waals surface area contributed by atoms with Crippen LogP contribution in [0.15, 0.2) is 17.0 Å². The molecule has 2 nitrogen and oxygen atoms in total. The van der Waals surface area contributed by atoms with Crippen molar-refractivity contribution in [2.24, 2.45) is 0 Å². The quantitative estimate of drug-likeness (QED) is 0.583. The van der Waals surface area contributed by atoms with E-state index in [0.717, 1.165) is 16.7 Å². The summed E-state index contributed by atoms with van der Waals surface area (Å²) in [5.74, 6) is 0. The molecule has 2 radical (unpaired) electrons. The van der Waals surface area contributed by atoms with Crippen LogP contribution in [0.2, 0.25) is 0 Å². The molecule has 1 unspecified atom stereocenters. The van der Waals surface area contributed by atoms with Crippen molar-refractivity contribution in [3.05, 3.63) is 28.8 Å². The molecule has 0 aliphatic carbocycles. The largest absolute Gasteiger partial charge is 0.302 e. The number of benzene rings is 1. The molecule has 1 atom stereocenters. The minimum atomic E-state index is -1.86. The Morgan fingerprint density at radius 3 is 1.85 bits per heavy atom. The first-order valence-corrected chi connectivity index (χ1v) is 4.81. The summed E-state index contributed by atoms with van der Waals surface area (Å²) in [6.45, 7) is 5.68. The van der Waals surface area contributed by atoms with Gasteiger partial charge in [-0.3, -0.25) is 0 Å². The van der Waals surface area contributed by atoms with Crippen molar-refractivity contribution in [3.8, 4) is 0 Å². The van der Waals surface area contributed by atoms with Gasteiger partial charge >= 0.3 is 0 Å². The number of hydrogen-bond donors (Lipinski definition) is 1. The van der Waals surface area contributed by atoms with E-state index in [4.69, 9.17) is 4.55 Å². The minimum absolute atomic E-state index is 0. The molecule has 0 fully saturated rings. The fourth-order valence-electron chi connectivity index (χ4n) is 1.44. The van der Waals surface area contributed by atoms with Crippen LogP contribution in [0.1, 0.15) is 16.7 Å². The maximum Gasteiger partial charge on any atom is 0.187 e. The SMILES string of the molecule is Cc1cc(C)c(S(=O)O)c(C)c1.[Ca]. The predicted molar refractivity (Wildman–Crippen MR) is 55.4 cm³/mol. The fraction of sp³-hybridized carbons (Fsp3) is 0.333. The molecule has 0 saturated carbocycles. The third-order valence-corrected chi connectivity index (χ3v) is 2.77. The van der Waals surface area contributed by atoms with Crippen molar-refractivity contribution < 1.29 is 8.76 Å². The monoisotopic (exact) mass is 224 g/mol. The summed E-state index contributed by atoms with van der Waals surface area (Å²) >= 11 is -1.86. The van der Waals surface area contributed by atoms with Gasteiger partial charge in [-0.05, 0) is 31.9 Å². The van der Waals surface area contributed by atoms with Crippen molar-refractivity contribution in [1.82, 2.24) is 0 Å². The van der Waals surface area contributed by atoms with Gasteiger partial charge in [0.05, 0.1) is 4.90 Å². The van der Waals surface area contributed by atoms with Gasteiger partial charge in [0.25, 0.3) is 0 Å². The molecule has 1 N–H and O–H groups in total. The predicted octanol–water partition coefficient (Wildman–Crippen LogP) is 1.81. The Morgan fingerprint density at radius 2 is 1.54 bits per heavy atom. The molecule has 0 heterocycles. The molecule has 0 aromatic heterocycles. The third kappa shape index (κ3) is 3.33. The number of rotatable bonds is 1. The van der Waals surface area contributed by atoms with E-state index in [1.807, 2.05) is 32.9 Å². The summed E-state index contributed by atoms with van der Waals surface area (Å²) in [6.07, 6.45) is 0. The molecule has 0 aliphatic rings. The van der Waals surface area contributed by atoms with Crippen LogP contribution in [-0.4, -0.2) is 46.5 Å². The Balaban J connectivity index is 0.00000144. The molecule has 0 spiro atoms. The molecule has 1 aromatic carbocycles. The molecule has 0 amide bonds. The second kappa shape index (κ2) is 5.47.